The fourth-order valence-corrected chi connectivity index (χ4v) is 3.74. The quantitative estimate of drug-likeness (QED) is 0.826. The summed E-state index contributed by atoms with van der Waals surface area (Å²) in [4.78, 5) is 35.4. The Balaban J connectivity index is 1.56. The van der Waals surface area contributed by atoms with E-state index in [0.717, 1.165) is 29.8 Å². The third kappa shape index (κ3) is 4.16. The SMILES string of the molecule is CCOC(=O)N1CCC(Nc2nc(-c3ccccc3)nc3c2CCNC3=O)CC1. The summed E-state index contributed by atoms with van der Waals surface area (Å²) in [6.07, 6.45) is 2.03. The standard InChI is InChI=1S/C21H25N5O3/c1-2-29-21(28)26-12-9-15(10-13-26)23-19-16-8-11-22-20(27)17(16)24-18(25-19)14-6-4-3-5-7-14/h3-7,15H,2,8-13H2,1H3,(H,22,27)(H,23,24,25). The van der Waals surface area contributed by atoms with Gasteiger partial charge in [-0.15, -0.1) is 0 Å². The molecule has 0 spiro atoms. The van der Waals surface area contributed by atoms with Gasteiger partial charge in [0, 0.05) is 36.8 Å². The predicted molar refractivity (Wildman–Crippen MR) is 109 cm³/mol. The number of fused-ring (bicyclic) bond motifs is 1. The van der Waals surface area contributed by atoms with E-state index in [1.807, 2.05) is 37.3 Å². The largest absolute Gasteiger partial charge is 0.450 e. The number of likely N-dealkylation sites (tertiary alicyclic amines) is 1. The number of nitrogens with one attached hydrogen (secondary N) is 2. The van der Waals surface area contributed by atoms with E-state index in [2.05, 4.69) is 15.6 Å². The van der Waals surface area contributed by atoms with Crippen LogP contribution in [0.25, 0.3) is 11.4 Å². The number of ether oxygens (including phenoxy) is 1. The van der Waals surface area contributed by atoms with Crippen LogP contribution in [0.1, 0.15) is 35.8 Å². The summed E-state index contributed by atoms with van der Waals surface area (Å²) >= 11 is 0. The van der Waals surface area contributed by atoms with E-state index < -0.39 is 0 Å². The minimum absolute atomic E-state index is 0.161. The minimum atomic E-state index is -0.256. The normalized spacial score (nSPS) is 16.7. The van der Waals surface area contributed by atoms with Gasteiger partial charge >= 0.3 is 6.09 Å². The molecule has 2 aliphatic heterocycles. The number of nitrogens with zero attached hydrogens (tertiary/aromatic N) is 3. The first-order valence-electron chi connectivity index (χ1n) is 10.1. The lowest BCUT2D eigenvalue weighted by Gasteiger charge is -2.32. The maximum Gasteiger partial charge on any atom is 0.409 e. The average Bonchev–Trinajstić information content (AvgIpc) is 2.75. The van der Waals surface area contributed by atoms with Crippen LogP contribution in [-0.4, -0.2) is 59.2 Å². The van der Waals surface area contributed by atoms with Gasteiger partial charge < -0.3 is 20.3 Å². The molecule has 0 radical (unpaired) electrons. The van der Waals surface area contributed by atoms with Gasteiger partial charge in [-0.3, -0.25) is 4.79 Å². The van der Waals surface area contributed by atoms with Crippen LogP contribution in [0, 0.1) is 0 Å². The summed E-state index contributed by atoms with van der Waals surface area (Å²) in [6.45, 7) is 4.04. The van der Waals surface area contributed by atoms with Gasteiger partial charge in [0.15, 0.2) is 5.82 Å². The molecular formula is C21H25N5O3. The monoisotopic (exact) mass is 395 g/mol. The van der Waals surface area contributed by atoms with Crippen molar-refractivity contribution in [3.63, 3.8) is 0 Å². The number of hydrogen-bond donors (Lipinski definition) is 2. The summed E-state index contributed by atoms with van der Waals surface area (Å²) in [5.41, 5.74) is 2.17. The van der Waals surface area contributed by atoms with Crippen molar-refractivity contribution in [3.05, 3.63) is 41.6 Å². The van der Waals surface area contributed by atoms with Crippen LogP contribution in [0.3, 0.4) is 0 Å². The van der Waals surface area contributed by atoms with Gasteiger partial charge in [-0.25, -0.2) is 14.8 Å². The highest BCUT2D eigenvalue weighted by molar-refractivity contribution is 5.96. The van der Waals surface area contributed by atoms with E-state index in [4.69, 9.17) is 9.72 Å². The van der Waals surface area contributed by atoms with Crippen molar-refractivity contribution in [2.24, 2.45) is 0 Å². The molecule has 1 fully saturated rings. The molecule has 1 aromatic heterocycles. The number of benzene rings is 1. The molecule has 0 unspecified atom stereocenters. The van der Waals surface area contributed by atoms with E-state index in [-0.39, 0.29) is 18.0 Å². The van der Waals surface area contributed by atoms with E-state index in [1.54, 1.807) is 4.90 Å². The van der Waals surface area contributed by atoms with Crippen molar-refractivity contribution in [1.29, 1.82) is 0 Å². The second kappa shape index (κ2) is 8.46. The lowest BCUT2D eigenvalue weighted by atomic mass is 10.0. The minimum Gasteiger partial charge on any atom is -0.450 e. The number of hydrogen-bond acceptors (Lipinski definition) is 6. The molecule has 0 bridgehead atoms. The Hall–Kier alpha value is -3.16. The molecule has 0 saturated carbocycles. The zero-order valence-electron chi connectivity index (χ0n) is 16.5. The number of anilines is 1. The summed E-state index contributed by atoms with van der Waals surface area (Å²) in [7, 11) is 0. The third-order valence-corrected chi connectivity index (χ3v) is 5.28. The number of amides is 2. The highest BCUT2D eigenvalue weighted by atomic mass is 16.6. The van der Waals surface area contributed by atoms with Crippen LogP contribution in [0.4, 0.5) is 10.6 Å². The van der Waals surface area contributed by atoms with Crippen LogP contribution in [-0.2, 0) is 11.2 Å². The Morgan fingerprint density at radius 3 is 2.72 bits per heavy atom. The van der Waals surface area contributed by atoms with E-state index in [0.29, 0.717) is 44.2 Å². The van der Waals surface area contributed by atoms with Gasteiger partial charge in [0.25, 0.3) is 5.91 Å². The first-order chi connectivity index (χ1) is 14.2. The summed E-state index contributed by atoms with van der Waals surface area (Å²) in [5, 5.41) is 6.38. The predicted octanol–water partition coefficient (Wildman–Crippen LogP) is 2.46. The van der Waals surface area contributed by atoms with Crippen LogP contribution in [0.5, 0.6) is 0 Å². The molecule has 2 aliphatic rings. The molecule has 8 heteroatoms. The van der Waals surface area contributed by atoms with Crippen molar-refractivity contribution in [1.82, 2.24) is 20.2 Å². The molecule has 2 amide bonds. The lowest BCUT2D eigenvalue weighted by molar-refractivity contribution is 0.0938. The van der Waals surface area contributed by atoms with Crippen LogP contribution in [0.15, 0.2) is 30.3 Å². The topological polar surface area (TPSA) is 96.4 Å². The van der Waals surface area contributed by atoms with Gasteiger partial charge in [-0.2, -0.15) is 0 Å². The van der Waals surface area contributed by atoms with Crippen LogP contribution >= 0.6 is 0 Å². The first kappa shape index (κ1) is 19.2. The molecule has 3 heterocycles. The second-order valence-corrected chi connectivity index (χ2v) is 7.20. The fraction of sp³-hybridized carbons (Fsp3) is 0.429. The second-order valence-electron chi connectivity index (χ2n) is 7.20. The Morgan fingerprint density at radius 1 is 1.24 bits per heavy atom. The Bertz CT molecular complexity index is 895. The maximum absolute atomic E-state index is 12.4. The zero-order chi connectivity index (χ0) is 20.2. The van der Waals surface area contributed by atoms with Gasteiger partial charge in [-0.05, 0) is 26.2 Å². The van der Waals surface area contributed by atoms with E-state index in [9.17, 15) is 9.59 Å². The zero-order valence-corrected chi connectivity index (χ0v) is 16.5. The van der Waals surface area contributed by atoms with Crippen LogP contribution < -0.4 is 10.6 Å². The van der Waals surface area contributed by atoms with Crippen molar-refractivity contribution < 1.29 is 14.3 Å². The molecule has 4 rings (SSSR count). The lowest BCUT2D eigenvalue weighted by Crippen LogP contribution is -2.43. The summed E-state index contributed by atoms with van der Waals surface area (Å²) in [6, 6.07) is 9.83. The van der Waals surface area contributed by atoms with E-state index in [1.165, 1.54) is 0 Å². The van der Waals surface area contributed by atoms with Crippen molar-refractivity contribution in [2.45, 2.75) is 32.2 Å². The molecule has 0 aliphatic carbocycles. The maximum atomic E-state index is 12.4. The molecule has 2 aromatic rings. The van der Waals surface area contributed by atoms with Gasteiger partial charge in [0.2, 0.25) is 0 Å². The van der Waals surface area contributed by atoms with Crippen molar-refractivity contribution in [3.8, 4) is 11.4 Å². The summed E-state index contributed by atoms with van der Waals surface area (Å²) < 4.78 is 5.09. The molecule has 1 saturated heterocycles. The third-order valence-electron chi connectivity index (χ3n) is 5.28. The average molecular weight is 395 g/mol. The number of aromatic nitrogens is 2. The smallest absolute Gasteiger partial charge is 0.409 e. The molecule has 152 valence electrons. The van der Waals surface area contributed by atoms with Crippen LogP contribution in [0.2, 0.25) is 0 Å². The molecule has 0 atom stereocenters. The molecule has 29 heavy (non-hydrogen) atoms. The number of carbonyl (C=O) groups is 2. The van der Waals surface area contributed by atoms with Gasteiger partial charge in [-0.1, -0.05) is 30.3 Å². The first-order valence-corrected chi connectivity index (χ1v) is 10.1. The Kier molecular flexibility index (Phi) is 5.59. The fourth-order valence-electron chi connectivity index (χ4n) is 3.74. The molecule has 8 nitrogen and oxygen atoms in total. The number of carbonyl (C=O) groups excluding carboxylic acids is 2. The summed E-state index contributed by atoms with van der Waals surface area (Å²) in [5.74, 6) is 1.09. The highest BCUT2D eigenvalue weighted by Gasteiger charge is 2.28. The molecular weight excluding hydrogens is 370 g/mol. The molecule has 1 aromatic carbocycles. The number of rotatable bonds is 4. The Labute approximate surface area is 169 Å². The van der Waals surface area contributed by atoms with Gasteiger partial charge in [0.1, 0.15) is 11.5 Å². The van der Waals surface area contributed by atoms with Gasteiger partial charge in [0.05, 0.1) is 6.61 Å². The van der Waals surface area contributed by atoms with Crippen molar-refractivity contribution in [2.75, 3.05) is 31.6 Å². The van der Waals surface area contributed by atoms with E-state index >= 15 is 0 Å². The number of piperidine rings is 1. The molecule has 2 N–H and O–H groups in total. The Morgan fingerprint density at radius 2 is 2.00 bits per heavy atom. The van der Waals surface area contributed by atoms with Crippen molar-refractivity contribution >= 4 is 17.8 Å². The highest BCUT2D eigenvalue weighted by Crippen LogP contribution is 2.27.